The van der Waals surface area contributed by atoms with Gasteiger partial charge in [-0.1, -0.05) is 0 Å². The van der Waals surface area contributed by atoms with Crippen molar-refractivity contribution >= 4 is 23.3 Å². The Kier molecular flexibility index (Phi) is 6.21. The molecule has 1 aromatic heterocycles. The molecule has 0 atom stereocenters. The molecule has 7 heteroatoms. The minimum absolute atomic E-state index is 0.0141. The van der Waals surface area contributed by atoms with Crippen LogP contribution in [0.4, 0.5) is 4.79 Å². The average Bonchev–Trinajstić information content (AvgIpc) is 2.94. The van der Waals surface area contributed by atoms with Crippen LogP contribution in [0.5, 0.6) is 0 Å². The summed E-state index contributed by atoms with van der Waals surface area (Å²) in [4.78, 5) is 28.4. The highest BCUT2D eigenvalue weighted by atomic mass is 32.1. The van der Waals surface area contributed by atoms with Gasteiger partial charge >= 0.3 is 6.03 Å². The van der Waals surface area contributed by atoms with Gasteiger partial charge in [0, 0.05) is 58.1 Å². The van der Waals surface area contributed by atoms with Gasteiger partial charge in [-0.2, -0.15) is 0 Å². The van der Waals surface area contributed by atoms with Crippen LogP contribution in [0.25, 0.3) is 0 Å². The Bertz CT molecular complexity index is 515. The van der Waals surface area contributed by atoms with Crippen molar-refractivity contribution in [3.05, 3.63) is 21.9 Å². The maximum absolute atomic E-state index is 11.6. The smallest absolute Gasteiger partial charge is 0.314 e. The molecule has 1 aliphatic rings. The molecule has 2 rings (SSSR count). The van der Waals surface area contributed by atoms with Crippen molar-refractivity contribution in [3.8, 4) is 0 Å². The van der Waals surface area contributed by atoms with E-state index in [0.717, 1.165) is 26.1 Å². The van der Waals surface area contributed by atoms with Crippen LogP contribution in [-0.4, -0.2) is 62.0 Å². The fourth-order valence-electron chi connectivity index (χ4n) is 2.39. The molecule has 0 spiro atoms. The zero-order valence-electron chi connectivity index (χ0n) is 13.2. The lowest BCUT2D eigenvalue weighted by atomic mass is 10.1. The third kappa shape index (κ3) is 4.99. The van der Waals surface area contributed by atoms with E-state index in [1.807, 2.05) is 11.3 Å². The van der Waals surface area contributed by atoms with Gasteiger partial charge in [0.2, 0.25) is 5.91 Å². The normalized spacial score (nSPS) is 14.3. The van der Waals surface area contributed by atoms with Gasteiger partial charge < -0.3 is 15.5 Å². The summed E-state index contributed by atoms with van der Waals surface area (Å²) in [5, 5.41) is 7.69. The molecule has 1 aromatic rings. The SMILES string of the molecule is CN(C)C(=O)CCNC(=O)NCCN1CCc2sccc2C1. The van der Waals surface area contributed by atoms with Crippen LogP contribution in [0.3, 0.4) is 0 Å². The number of fused-ring (bicyclic) bond motifs is 1. The summed E-state index contributed by atoms with van der Waals surface area (Å²) in [6, 6.07) is 1.98. The minimum Gasteiger partial charge on any atom is -0.349 e. The lowest BCUT2D eigenvalue weighted by molar-refractivity contribution is -0.128. The van der Waals surface area contributed by atoms with Crippen LogP contribution in [0, 0.1) is 0 Å². The van der Waals surface area contributed by atoms with Crippen LogP contribution in [0.2, 0.25) is 0 Å². The van der Waals surface area contributed by atoms with Crippen molar-refractivity contribution < 1.29 is 9.59 Å². The van der Waals surface area contributed by atoms with E-state index in [-0.39, 0.29) is 11.9 Å². The van der Waals surface area contributed by atoms with Gasteiger partial charge in [0.1, 0.15) is 0 Å². The molecule has 122 valence electrons. The van der Waals surface area contributed by atoms with Crippen LogP contribution in [0.1, 0.15) is 16.9 Å². The predicted octanol–water partition coefficient (Wildman–Crippen LogP) is 0.884. The summed E-state index contributed by atoms with van der Waals surface area (Å²) in [5.41, 5.74) is 1.42. The van der Waals surface area contributed by atoms with Crippen molar-refractivity contribution in [1.29, 1.82) is 0 Å². The number of amides is 3. The molecule has 22 heavy (non-hydrogen) atoms. The highest BCUT2D eigenvalue weighted by Gasteiger charge is 2.16. The number of thiophene rings is 1. The maximum atomic E-state index is 11.6. The zero-order valence-corrected chi connectivity index (χ0v) is 14.0. The van der Waals surface area contributed by atoms with Gasteiger partial charge in [0.15, 0.2) is 0 Å². The van der Waals surface area contributed by atoms with E-state index in [1.54, 1.807) is 14.1 Å². The first kappa shape index (κ1) is 16.8. The fraction of sp³-hybridized carbons (Fsp3) is 0.600. The van der Waals surface area contributed by atoms with Gasteiger partial charge in [-0.15, -0.1) is 11.3 Å². The van der Waals surface area contributed by atoms with E-state index in [1.165, 1.54) is 15.3 Å². The van der Waals surface area contributed by atoms with E-state index < -0.39 is 0 Å². The highest BCUT2D eigenvalue weighted by Crippen LogP contribution is 2.23. The van der Waals surface area contributed by atoms with Crippen LogP contribution in [-0.2, 0) is 17.8 Å². The number of nitrogens with one attached hydrogen (secondary N) is 2. The number of carbonyl (C=O) groups excluding carboxylic acids is 2. The molecule has 0 radical (unpaired) electrons. The Labute approximate surface area is 135 Å². The summed E-state index contributed by atoms with van der Waals surface area (Å²) >= 11 is 1.83. The second-order valence-electron chi connectivity index (χ2n) is 5.62. The Hall–Kier alpha value is -1.60. The first-order chi connectivity index (χ1) is 10.6. The Morgan fingerprint density at radius 3 is 2.86 bits per heavy atom. The van der Waals surface area contributed by atoms with E-state index >= 15 is 0 Å². The number of hydrogen-bond donors (Lipinski definition) is 2. The first-order valence-corrected chi connectivity index (χ1v) is 8.43. The van der Waals surface area contributed by atoms with Crippen molar-refractivity contribution in [1.82, 2.24) is 20.4 Å². The minimum atomic E-state index is -0.209. The van der Waals surface area contributed by atoms with Gasteiger partial charge in [-0.25, -0.2) is 4.79 Å². The van der Waals surface area contributed by atoms with E-state index in [0.29, 0.717) is 19.5 Å². The summed E-state index contributed by atoms with van der Waals surface area (Å²) in [5.74, 6) is 0.0141. The molecule has 6 nitrogen and oxygen atoms in total. The molecule has 0 saturated carbocycles. The Balaban J connectivity index is 1.57. The van der Waals surface area contributed by atoms with Crippen LogP contribution in [0.15, 0.2) is 11.4 Å². The predicted molar refractivity (Wildman–Crippen MR) is 88.0 cm³/mol. The van der Waals surface area contributed by atoms with Crippen molar-refractivity contribution in [3.63, 3.8) is 0 Å². The zero-order chi connectivity index (χ0) is 15.9. The highest BCUT2D eigenvalue weighted by molar-refractivity contribution is 7.10. The number of rotatable bonds is 6. The third-order valence-corrected chi connectivity index (χ3v) is 4.75. The molecule has 2 N–H and O–H groups in total. The molecule has 0 aromatic carbocycles. The standard InChI is InChI=1S/C15H24N4O2S/c1-18(2)14(20)3-6-16-15(21)17-7-9-19-8-4-13-12(11-19)5-10-22-13/h5,10H,3-4,6-9,11H2,1-2H3,(H2,16,17,21). The molecule has 0 unspecified atom stereocenters. The molecule has 3 amide bonds. The van der Waals surface area contributed by atoms with Gasteiger partial charge in [-0.3, -0.25) is 9.69 Å². The van der Waals surface area contributed by atoms with Crippen molar-refractivity contribution in [2.75, 3.05) is 40.3 Å². The summed E-state index contributed by atoms with van der Waals surface area (Å²) in [6.07, 6.45) is 1.43. The van der Waals surface area contributed by atoms with Gasteiger partial charge in [0.25, 0.3) is 0 Å². The molecule has 1 aliphatic heterocycles. The monoisotopic (exact) mass is 324 g/mol. The maximum Gasteiger partial charge on any atom is 0.314 e. The first-order valence-electron chi connectivity index (χ1n) is 7.55. The molecular weight excluding hydrogens is 300 g/mol. The molecule has 2 heterocycles. The molecule has 0 fully saturated rings. The molecule has 0 aliphatic carbocycles. The largest absolute Gasteiger partial charge is 0.349 e. The van der Waals surface area contributed by atoms with Gasteiger partial charge in [-0.05, 0) is 23.4 Å². The quantitative estimate of drug-likeness (QED) is 0.817. The topological polar surface area (TPSA) is 64.7 Å². The van der Waals surface area contributed by atoms with E-state index in [4.69, 9.17) is 0 Å². The Morgan fingerprint density at radius 2 is 2.09 bits per heavy atom. The third-order valence-electron chi connectivity index (χ3n) is 3.72. The van der Waals surface area contributed by atoms with Crippen molar-refractivity contribution in [2.45, 2.75) is 19.4 Å². The van der Waals surface area contributed by atoms with Gasteiger partial charge in [0.05, 0.1) is 0 Å². The summed E-state index contributed by atoms with van der Waals surface area (Å²) < 4.78 is 0. The van der Waals surface area contributed by atoms with Crippen molar-refractivity contribution in [2.24, 2.45) is 0 Å². The molecule has 0 saturated heterocycles. The lowest BCUT2D eigenvalue weighted by Gasteiger charge is -2.26. The number of urea groups is 1. The molecule has 0 bridgehead atoms. The average molecular weight is 324 g/mol. The molecular formula is C15H24N4O2S. The second kappa shape index (κ2) is 8.14. The number of hydrogen-bond acceptors (Lipinski definition) is 4. The number of carbonyl (C=O) groups is 2. The van der Waals surface area contributed by atoms with E-state index in [2.05, 4.69) is 27.0 Å². The lowest BCUT2D eigenvalue weighted by Crippen LogP contribution is -2.42. The number of nitrogens with zero attached hydrogens (tertiary/aromatic N) is 2. The van der Waals surface area contributed by atoms with E-state index in [9.17, 15) is 9.59 Å². The van der Waals surface area contributed by atoms with Crippen LogP contribution >= 0.6 is 11.3 Å². The fourth-order valence-corrected chi connectivity index (χ4v) is 3.28. The Morgan fingerprint density at radius 1 is 1.32 bits per heavy atom. The van der Waals surface area contributed by atoms with Crippen LogP contribution < -0.4 is 10.6 Å². The summed E-state index contributed by atoms with van der Waals surface area (Å²) in [7, 11) is 3.42. The second-order valence-corrected chi connectivity index (χ2v) is 6.62. The summed E-state index contributed by atoms with van der Waals surface area (Å²) in [6.45, 7) is 3.85.